The molecule has 0 aliphatic carbocycles. The van der Waals surface area contributed by atoms with E-state index in [1.807, 2.05) is 0 Å². The molecule has 0 fully saturated rings. The highest BCUT2D eigenvalue weighted by molar-refractivity contribution is 5.86. The Morgan fingerprint density at radius 2 is 1.00 bits per heavy atom. The lowest BCUT2D eigenvalue weighted by Gasteiger charge is -2.26. The maximum Gasteiger partial charge on any atom is 0.0207 e. The Balaban J connectivity index is 0.00000196. The number of fused-ring (bicyclic) bond motifs is 2. The van der Waals surface area contributed by atoms with Crippen LogP contribution in [0.15, 0.2) is 84.9 Å². The summed E-state index contributed by atoms with van der Waals surface area (Å²) in [5.41, 5.74) is 9.11. The molecule has 0 aromatic heterocycles. The number of benzene rings is 4. The molecule has 4 aromatic carbocycles. The van der Waals surface area contributed by atoms with Crippen LogP contribution in [0.4, 0.5) is 0 Å². The predicted molar refractivity (Wildman–Crippen MR) is 113 cm³/mol. The molecule has 4 rings (SSSR count). The molecule has 0 amide bonds. The van der Waals surface area contributed by atoms with Gasteiger partial charge in [0.2, 0.25) is 0 Å². The number of hydrogen-bond donors (Lipinski definition) is 2. The van der Waals surface area contributed by atoms with Crippen LogP contribution in [0.5, 0.6) is 0 Å². The van der Waals surface area contributed by atoms with Crippen molar-refractivity contribution in [2.24, 2.45) is 5.73 Å². The summed E-state index contributed by atoms with van der Waals surface area (Å²) in [5, 5.41) is 5.17. The Hall–Kier alpha value is -2.68. The first-order chi connectivity index (χ1) is 12.1. The molecule has 0 atom stereocenters. The molecule has 132 valence electrons. The molecule has 26 heavy (non-hydrogen) atoms. The molecule has 0 aliphatic rings. The first-order valence-corrected chi connectivity index (χ1v) is 8.85. The van der Waals surface area contributed by atoms with E-state index in [1.54, 1.807) is 0 Å². The van der Waals surface area contributed by atoms with Gasteiger partial charge in [-0.05, 0) is 52.4 Å². The average molecular weight is 342 g/mol. The minimum Gasteiger partial charge on any atom is -0.344 e. The third-order valence-electron chi connectivity index (χ3n) is 4.95. The van der Waals surface area contributed by atoms with Crippen molar-refractivity contribution < 1.29 is 0 Å². The van der Waals surface area contributed by atoms with Crippen LogP contribution >= 0.6 is 0 Å². The molecule has 5 N–H and O–H groups in total. The lowest BCUT2D eigenvalue weighted by atomic mass is 9.84. The second-order valence-corrected chi connectivity index (χ2v) is 7.28. The van der Waals surface area contributed by atoms with Gasteiger partial charge in [-0.3, -0.25) is 0 Å². The van der Waals surface area contributed by atoms with E-state index >= 15 is 0 Å². The van der Waals surface area contributed by atoms with Crippen molar-refractivity contribution in [3.8, 4) is 0 Å². The SMILES string of the molecule is CC(N)(Cc1cccc2ccccc12)Cc1cccc2ccccc12.N. The van der Waals surface area contributed by atoms with E-state index in [1.165, 1.54) is 32.7 Å². The fourth-order valence-electron chi connectivity index (χ4n) is 3.83. The Kier molecular flexibility index (Phi) is 5.08. The largest absolute Gasteiger partial charge is 0.344 e. The van der Waals surface area contributed by atoms with Crippen LogP contribution in [0.3, 0.4) is 0 Å². The zero-order valence-electron chi connectivity index (χ0n) is 15.3. The van der Waals surface area contributed by atoms with Crippen molar-refractivity contribution in [2.45, 2.75) is 25.3 Å². The van der Waals surface area contributed by atoms with E-state index in [9.17, 15) is 0 Å². The van der Waals surface area contributed by atoms with Gasteiger partial charge in [-0.25, -0.2) is 0 Å². The van der Waals surface area contributed by atoms with Crippen LogP contribution in [-0.4, -0.2) is 5.54 Å². The molecular weight excluding hydrogens is 316 g/mol. The van der Waals surface area contributed by atoms with Gasteiger partial charge in [0.15, 0.2) is 0 Å². The van der Waals surface area contributed by atoms with Gasteiger partial charge in [-0.15, -0.1) is 0 Å². The Labute approximate surface area is 155 Å². The number of hydrogen-bond acceptors (Lipinski definition) is 2. The summed E-state index contributed by atoms with van der Waals surface area (Å²) in [7, 11) is 0. The van der Waals surface area contributed by atoms with Crippen LogP contribution in [0, 0.1) is 0 Å². The van der Waals surface area contributed by atoms with E-state index in [2.05, 4.69) is 91.9 Å². The summed E-state index contributed by atoms with van der Waals surface area (Å²) in [6.45, 7) is 2.16. The molecule has 0 aliphatic heterocycles. The molecule has 4 aromatic rings. The third-order valence-corrected chi connectivity index (χ3v) is 4.95. The molecule has 0 spiro atoms. The number of nitrogens with two attached hydrogens (primary N) is 1. The van der Waals surface area contributed by atoms with Crippen LogP contribution in [0.2, 0.25) is 0 Å². The summed E-state index contributed by atoms with van der Waals surface area (Å²) >= 11 is 0. The average Bonchev–Trinajstić information content (AvgIpc) is 2.62. The maximum atomic E-state index is 6.76. The van der Waals surface area contributed by atoms with Crippen molar-refractivity contribution >= 4 is 21.5 Å². The van der Waals surface area contributed by atoms with E-state index in [0.29, 0.717) is 0 Å². The lowest BCUT2D eigenvalue weighted by molar-refractivity contribution is 0.465. The molecule has 0 saturated heterocycles. The van der Waals surface area contributed by atoms with E-state index < -0.39 is 0 Å². The molecule has 0 unspecified atom stereocenters. The highest BCUT2D eigenvalue weighted by Crippen LogP contribution is 2.26. The van der Waals surface area contributed by atoms with E-state index in [0.717, 1.165) is 12.8 Å². The first kappa shape index (κ1) is 18.1. The van der Waals surface area contributed by atoms with Crippen LogP contribution < -0.4 is 11.9 Å². The van der Waals surface area contributed by atoms with Crippen LogP contribution in [0.25, 0.3) is 21.5 Å². The third kappa shape index (κ3) is 3.62. The van der Waals surface area contributed by atoms with Gasteiger partial charge in [0.25, 0.3) is 0 Å². The summed E-state index contributed by atoms with van der Waals surface area (Å²) in [6.07, 6.45) is 1.72. The minimum absolute atomic E-state index is 0. The fourth-order valence-corrected chi connectivity index (χ4v) is 3.83. The maximum absolute atomic E-state index is 6.76. The number of rotatable bonds is 4. The van der Waals surface area contributed by atoms with Crippen LogP contribution in [0.1, 0.15) is 18.1 Å². The zero-order chi connectivity index (χ0) is 17.3. The summed E-state index contributed by atoms with van der Waals surface area (Å²) in [4.78, 5) is 0. The fraction of sp³-hybridized carbons (Fsp3) is 0.167. The Morgan fingerprint density at radius 3 is 1.46 bits per heavy atom. The van der Waals surface area contributed by atoms with Crippen molar-refractivity contribution in [1.29, 1.82) is 0 Å². The first-order valence-electron chi connectivity index (χ1n) is 8.85. The minimum atomic E-state index is -0.297. The summed E-state index contributed by atoms with van der Waals surface area (Å²) in [6, 6.07) is 30.1. The monoisotopic (exact) mass is 342 g/mol. The molecular formula is C24H26N2. The molecule has 0 radical (unpaired) electrons. The molecule has 0 bridgehead atoms. The standard InChI is InChI=1S/C24H23N.H3N/c1-24(25,16-20-12-6-10-18-8-2-4-14-22(18)20)17-21-13-7-11-19-9-3-5-15-23(19)21;/h2-15H,16-17,25H2,1H3;1H3. The molecule has 0 saturated carbocycles. The van der Waals surface area contributed by atoms with Gasteiger partial charge >= 0.3 is 0 Å². The lowest BCUT2D eigenvalue weighted by Crippen LogP contribution is -2.41. The van der Waals surface area contributed by atoms with Gasteiger partial charge < -0.3 is 11.9 Å². The second-order valence-electron chi connectivity index (χ2n) is 7.28. The van der Waals surface area contributed by atoms with Crippen molar-refractivity contribution in [1.82, 2.24) is 6.15 Å². The summed E-state index contributed by atoms with van der Waals surface area (Å²) in [5.74, 6) is 0. The highest BCUT2D eigenvalue weighted by Gasteiger charge is 2.21. The molecule has 0 heterocycles. The van der Waals surface area contributed by atoms with E-state index in [-0.39, 0.29) is 11.7 Å². The van der Waals surface area contributed by atoms with Crippen LogP contribution in [-0.2, 0) is 12.8 Å². The normalized spacial score (nSPS) is 11.5. The predicted octanol–water partition coefficient (Wildman–Crippen LogP) is 5.66. The zero-order valence-corrected chi connectivity index (χ0v) is 15.3. The van der Waals surface area contributed by atoms with Crippen molar-refractivity contribution in [3.05, 3.63) is 96.1 Å². The van der Waals surface area contributed by atoms with Crippen molar-refractivity contribution in [2.75, 3.05) is 0 Å². The van der Waals surface area contributed by atoms with Gasteiger partial charge in [0.05, 0.1) is 0 Å². The van der Waals surface area contributed by atoms with Gasteiger partial charge in [0, 0.05) is 5.54 Å². The summed E-state index contributed by atoms with van der Waals surface area (Å²) < 4.78 is 0. The second kappa shape index (κ2) is 7.28. The molecule has 2 heteroatoms. The topological polar surface area (TPSA) is 61.0 Å². The highest BCUT2D eigenvalue weighted by atomic mass is 14.7. The molecule has 2 nitrogen and oxygen atoms in total. The smallest absolute Gasteiger partial charge is 0.0207 e. The van der Waals surface area contributed by atoms with Gasteiger partial charge in [-0.2, -0.15) is 0 Å². The Morgan fingerprint density at radius 1 is 0.615 bits per heavy atom. The van der Waals surface area contributed by atoms with Gasteiger partial charge in [0.1, 0.15) is 0 Å². The Bertz CT molecular complexity index is 940. The van der Waals surface area contributed by atoms with E-state index in [4.69, 9.17) is 5.73 Å². The quantitative estimate of drug-likeness (QED) is 0.503. The van der Waals surface area contributed by atoms with Gasteiger partial charge in [-0.1, -0.05) is 84.9 Å². The van der Waals surface area contributed by atoms with Crippen molar-refractivity contribution in [3.63, 3.8) is 0 Å².